The molecule has 1 heterocycles. The molecule has 2 aromatic carbocycles. The molecule has 3 aromatic rings. The SMILES string of the molecule is NC(CSCc1ccccc1)c1cc2ccccc2o1. The van der Waals surface area contributed by atoms with Gasteiger partial charge in [0.25, 0.3) is 0 Å². The number of hydrogen-bond acceptors (Lipinski definition) is 3. The van der Waals surface area contributed by atoms with E-state index in [4.69, 9.17) is 10.2 Å². The van der Waals surface area contributed by atoms with Crippen LogP contribution in [0.5, 0.6) is 0 Å². The first kappa shape index (κ1) is 13.3. The van der Waals surface area contributed by atoms with Crippen LogP contribution in [0.2, 0.25) is 0 Å². The van der Waals surface area contributed by atoms with Crippen molar-refractivity contribution in [2.75, 3.05) is 5.75 Å². The van der Waals surface area contributed by atoms with E-state index in [0.717, 1.165) is 28.2 Å². The maximum absolute atomic E-state index is 6.21. The Hall–Kier alpha value is -1.71. The Morgan fingerprint density at radius 3 is 2.55 bits per heavy atom. The normalized spacial score (nSPS) is 12.7. The molecule has 2 nitrogen and oxygen atoms in total. The molecule has 1 aromatic heterocycles. The van der Waals surface area contributed by atoms with E-state index in [1.165, 1.54) is 5.56 Å². The van der Waals surface area contributed by atoms with Gasteiger partial charge in [0.05, 0.1) is 6.04 Å². The van der Waals surface area contributed by atoms with Crippen LogP contribution in [0.4, 0.5) is 0 Å². The van der Waals surface area contributed by atoms with Gasteiger partial charge in [-0.1, -0.05) is 48.5 Å². The Labute approximate surface area is 123 Å². The Bertz CT molecular complexity index is 645. The third kappa shape index (κ3) is 3.06. The summed E-state index contributed by atoms with van der Waals surface area (Å²) < 4.78 is 5.79. The molecule has 0 aliphatic carbocycles. The summed E-state index contributed by atoms with van der Waals surface area (Å²) in [5.74, 6) is 2.70. The van der Waals surface area contributed by atoms with Crippen molar-refractivity contribution in [1.82, 2.24) is 0 Å². The van der Waals surface area contributed by atoms with Gasteiger partial charge in [0.15, 0.2) is 0 Å². The highest BCUT2D eigenvalue weighted by molar-refractivity contribution is 7.98. The summed E-state index contributed by atoms with van der Waals surface area (Å²) in [6.45, 7) is 0. The van der Waals surface area contributed by atoms with Gasteiger partial charge < -0.3 is 10.2 Å². The fourth-order valence-corrected chi connectivity index (χ4v) is 3.11. The molecule has 20 heavy (non-hydrogen) atoms. The smallest absolute Gasteiger partial charge is 0.134 e. The zero-order valence-corrected chi connectivity index (χ0v) is 12.0. The second-order valence-electron chi connectivity index (χ2n) is 4.79. The van der Waals surface area contributed by atoms with E-state index in [0.29, 0.717) is 0 Å². The summed E-state index contributed by atoms with van der Waals surface area (Å²) in [5.41, 5.74) is 8.44. The lowest BCUT2D eigenvalue weighted by Gasteiger charge is -2.08. The number of furan rings is 1. The van der Waals surface area contributed by atoms with Gasteiger partial charge in [0.1, 0.15) is 11.3 Å². The zero-order valence-electron chi connectivity index (χ0n) is 11.2. The first-order valence-electron chi connectivity index (χ1n) is 6.68. The standard InChI is InChI=1S/C17H17NOS/c18-15(12-20-11-13-6-2-1-3-7-13)17-10-14-8-4-5-9-16(14)19-17/h1-10,15H,11-12,18H2. The van der Waals surface area contributed by atoms with E-state index in [-0.39, 0.29) is 6.04 Å². The first-order valence-corrected chi connectivity index (χ1v) is 7.84. The van der Waals surface area contributed by atoms with Gasteiger partial charge in [-0.05, 0) is 17.7 Å². The molecule has 0 amide bonds. The molecule has 0 fully saturated rings. The molecule has 0 saturated heterocycles. The van der Waals surface area contributed by atoms with Gasteiger partial charge in [0, 0.05) is 16.9 Å². The number of benzene rings is 2. The average molecular weight is 283 g/mol. The van der Waals surface area contributed by atoms with Crippen molar-refractivity contribution >= 4 is 22.7 Å². The van der Waals surface area contributed by atoms with Crippen LogP contribution in [0.25, 0.3) is 11.0 Å². The van der Waals surface area contributed by atoms with Crippen LogP contribution in [0.3, 0.4) is 0 Å². The van der Waals surface area contributed by atoms with Crippen LogP contribution >= 0.6 is 11.8 Å². The number of hydrogen-bond donors (Lipinski definition) is 1. The molecule has 102 valence electrons. The number of fused-ring (bicyclic) bond motifs is 1. The second kappa shape index (κ2) is 6.16. The number of para-hydroxylation sites is 1. The molecule has 0 aliphatic heterocycles. The summed E-state index contributed by atoms with van der Waals surface area (Å²) in [4.78, 5) is 0. The summed E-state index contributed by atoms with van der Waals surface area (Å²) in [6, 6.07) is 20.4. The van der Waals surface area contributed by atoms with Crippen LogP contribution in [-0.4, -0.2) is 5.75 Å². The van der Waals surface area contributed by atoms with Crippen LogP contribution in [0.15, 0.2) is 65.1 Å². The molecule has 0 bridgehead atoms. The van der Waals surface area contributed by atoms with Crippen molar-refractivity contribution in [3.63, 3.8) is 0 Å². The highest BCUT2D eigenvalue weighted by Gasteiger charge is 2.11. The fraction of sp³-hybridized carbons (Fsp3) is 0.176. The van der Waals surface area contributed by atoms with Gasteiger partial charge in [-0.25, -0.2) is 0 Å². The molecule has 0 spiro atoms. The minimum absolute atomic E-state index is 0.0592. The van der Waals surface area contributed by atoms with Crippen LogP contribution in [0, 0.1) is 0 Å². The lowest BCUT2D eigenvalue weighted by molar-refractivity contribution is 0.516. The molecule has 2 N–H and O–H groups in total. The molecular weight excluding hydrogens is 266 g/mol. The minimum Gasteiger partial charge on any atom is -0.459 e. The molecule has 0 radical (unpaired) electrons. The highest BCUT2D eigenvalue weighted by atomic mass is 32.2. The fourth-order valence-electron chi connectivity index (χ4n) is 2.15. The van der Waals surface area contributed by atoms with E-state index in [9.17, 15) is 0 Å². The monoisotopic (exact) mass is 283 g/mol. The second-order valence-corrected chi connectivity index (χ2v) is 5.82. The van der Waals surface area contributed by atoms with Crippen molar-refractivity contribution in [3.8, 4) is 0 Å². The first-order chi connectivity index (χ1) is 9.83. The third-order valence-electron chi connectivity index (χ3n) is 3.22. The molecule has 0 saturated carbocycles. The number of rotatable bonds is 5. The van der Waals surface area contributed by atoms with Gasteiger partial charge in [0.2, 0.25) is 0 Å². The molecule has 3 rings (SSSR count). The maximum Gasteiger partial charge on any atom is 0.134 e. The van der Waals surface area contributed by atoms with Crippen LogP contribution in [-0.2, 0) is 5.75 Å². The van der Waals surface area contributed by atoms with Gasteiger partial charge in [-0.2, -0.15) is 11.8 Å². The van der Waals surface area contributed by atoms with E-state index >= 15 is 0 Å². The topological polar surface area (TPSA) is 39.2 Å². The lowest BCUT2D eigenvalue weighted by atomic mass is 10.2. The van der Waals surface area contributed by atoms with Crippen LogP contribution < -0.4 is 5.73 Å². The van der Waals surface area contributed by atoms with Crippen molar-refractivity contribution in [2.45, 2.75) is 11.8 Å². The quantitative estimate of drug-likeness (QED) is 0.756. The lowest BCUT2D eigenvalue weighted by Crippen LogP contribution is -2.12. The van der Waals surface area contributed by atoms with Crippen molar-refractivity contribution < 1.29 is 4.42 Å². The molecular formula is C17H17NOS. The number of nitrogens with two attached hydrogens (primary N) is 1. The van der Waals surface area contributed by atoms with Gasteiger partial charge in [-0.3, -0.25) is 0 Å². The highest BCUT2D eigenvalue weighted by Crippen LogP contribution is 2.25. The van der Waals surface area contributed by atoms with E-state index in [1.54, 1.807) is 0 Å². The maximum atomic E-state index is 6.21. The van der Waals surface area contributed by atoms with E-state index < -0.39 is 0 Å². The van der Waals surface area contributed by atoms with Crippen molar-refractivity contribution in [1.29, 1.82) is 0 Å². The van der Waals surface area contributed by atoms with Crippen molar-refractivity contribution in [2.24, 2.45) is 5.73 Å². The summed E-state index contributed by atoms with van der Waals surface area (Å²) in [7, 11) is 0. The zero-order chi connectivity index (χ0) is 13.8. The third-order valence-corrected chi connectivity index (χ3v) is 4.35. The van der Waals surface area contributed by atoms with Crippen LogP contribution in [0.1, 0.15) is 17.4 Å². The predicted molar refractivity (Wildman–Crippen MR) is 85.7 cm³/mol. The van der Waals surface area contributed by atoms with Crippen molar-refractivity contribution in [3.05, 3.63) is 72.0 Å². The Morgan fingerprint density at radius 2 is 1.75 bits per heavy atom. The Balaban J connectivity index is 1.60. The van der Waals surface area contributed by atoms with E-state index in [2.05, 4.69) is 24.3 Å². The van der Waals surface area contributed by atoms with E-state index in [1.807, 2.05) is 48.2 Å². The summed E-state index contributed by atoms with van der Waals surface area (Å²) >= 11 is 1.83. The minimum atomic E-state index is -0.0592. The predicted octanol–water partition coefficient (Wildman–Crippen LogP) is 4.37. The average Bonchev–Trinajstić information content (AvgIpc) is 2.92. The number of thioether (sulfide) groups is 1. The summed E-state index contributed by atoms with van der Waals surface area (Å²) in [6.07, 6.45) is 0. The summed E-state index contributed by atoms with van der Waals surface area (Å²) in [5, 5.41) is 1.12. The Morgan fingerprint density at radius 1 is 1.00 bits per heavy atom. The molecule has 3 heteroatoms. The van der Waals surface area contributed by atoms with Gasteiger partial charge in [-0.15, -0.1) is 0 Å². The molecule has 0 aliphatic rings. The Kier molecular flexibility index (Phi) is 4.09. The van der Waals surface area contributed by atoms with Gasteiger partial charge >= 0.3 is 0 Å². The molecule has 1 atom stereocenters. The molecule has 1 unspecified atom stereocenters. The largest absolute Gasteiger partial charge is 0.459 e.